The normalized spacial score (nSPS) is 20.6. The van der Waals surface area contributed by atoms with Gasteiger partial charge in [0, 0.05) is 19.5 Å². The van der Waals surface area contributed by atoms with Crippen LogP contribution >= 0.6 is 11.6 Å². The number of halogens is 4. The van der Waals surface area contributed by atoms with Gasteiger partial charge in [-0.15, -0.1) is 0 Å². The van der Waals surface area contributed by atoms with Crippen molar-refractivity contribution in [2.24, 2.45) is 5.41 Å². The third-order valence-corrected chi connectivity index (χ3v) is 4.52. The molecule has 1 N–H and O–H groups in total. The van der Waals surface area contributed by atoms with E-state index in [9.17, 15) is 22.8 Å². The highest BCUT2D eigenvalue weighted by molar-refractivity contribution is 6.32. The summed E-state index contributed by atoms with van der Waals surface area (Å²) in [6, 6.07) is 6.78. The van der Waals surface area contributed by atoms with E-state index in [-0.39, 0.29) is 26.0 Å². The fraction of sp³-hybridized carbons (Fsp3) is 0.500. The first kappa shape index (κ1) is 19.4. The third kappa shape index (κ3) is 4.18. The molecule has 2 rings (SSSR count). The molecule has 1 saturated heterocycles. The fourth-order valence-corrected chi connectivity index (χ4v) is 2.87. The Bertz CT molecular complexity index is 653. The lowest BCUT2D eigenvalue weighted by Gasteiger charge is -2.27. The van der Waals surface area contributed by atoms with Crippen LogP contribution in [0.2, 0.25) is 5.02 Å². The smallest absolute Gasteiger partial charge is 0.406 e. The van der Waals surface area contributed by atoms with Gasteiger partial charge in [-0.05, 0) is 25.0 Å². The number of benzene rings is 1. The zero-order valence-corrected chi connectivity index (χ0v) is 13.9. The number of amides is 1. The number of aliphatic carboxylic acids is 1. The third-order valence-electron chi connectivity index (χ3n) is 4.20. The molecule has 1 aromatic rings. The lowest BCUT2D eigenvalue weighted by Crippen LogP contribution is -2.47. The number of para-hydroxylation sites is 1. The van der Waals surface area contributed by atoms with Crippen molar-refractivity contribution in [3.63, 3.8) is 0 Å². The molecule has 5 nitrogen and oxygen atoms in total. The summed E-state index contributed by atoms with van der Waals surface area (Å²) in [5.74, 6) is -2.01. The van der Waals surface area contributed by atoms with E-state index in [0.717, 1.165) is 4.90 Å². The van der Waals surface area contributed by atoms with Gasteiger partial charge in [-0.2, -0.15) is 13.2 Å². The van der Waals surface area contributed by atoms with Gasteiger partial charge in [0.2, 0.25) is 5.91 Å². The Morgan fingerprint density at radius 2 is 2.00 bits per heavy atom. The first-order chi connectivity index (χ1) is 11.7. The van der Waals surface area contributed by atoms with Crippen molar-refractivity contribution in [1.82, 2.24) is 4.90 Å². The highest BCUT2D eigenvalue weighted by atomic mass is 35.5. The molecule has 0 saturated carbocycles. The van der Waals surface area contributed by atoms with Crippen LogP contribution in [0.5, 0.6) is 5.75 Å². The summed E-state index contributed by atoms with van der Waals surface area (Å²) in [5, 5.41) is 9.40. The van der Waals surface area contributed by atoms with Crippen molar-refractivity contribution in [2.75, 3.05) is 19.7 Å². The first-order valence-electron chi connectivity index (χ1n) is 7.62. The number of nitrogens with zero attached hydrogens (tertiary/aromatic N) is 1. The second-order valence-electron chi connectivity index (χ2n) is 5.83. The molecule has 9 heteroatoms. The molecule has 25 heavy (non-hydrogen) atoms. The summed E-state index contributed by atoms with van der Waals surface area (Å²) in [4.78, 5) is 24.1. The second-order valence-corrected chi connectivity index (χ2v) is 6.24. The number of likely N-dealkylation sites (tertiary alicyclic amines) is 1. The number of alkyl halides is 3. The summed E-state index contributed by atoms with van der Waals surface area (Å²) in [5.41, 5.74) is -2.88. The minimum absolute atomic E-state index is 0.0298. The zero-order chi connectivity index (χ0) is 18.7. The predicted molar refractivity (Wildman–Crippen MR) is 83.5 cm³/mol. The Balaban J connectivity index is 1.84. The monoisotopic (exact) mass is 379 g/mol. The second kappa shape index (κ2) is 7.51. The SMILES string of the molecule is O=C(CCCOc1ccccc1Cl)N1CCC(C(=O)O)(C(F)(F)F)C1. The molecule has 0 aliphatic carbocycles. The number of hydrogen-bond donors (Lipinski definition) is 1. The van der Waals surface area contributed by atoms with Crippen LogP contribution in [0.4, 0.5) is 13.2 Å². The molecule has 0 aromatic heterocycles. The van der Waals surface area contributed by atoms with E-state index < -0.39 is 36.4 Å². The van der Waals surface area contributed by atoms with Crippen molar-refractivity contribution < 1.29 is 32.6 Å². The van der Waals surface area contributed by atoms with Crippen molar-refractivity contribution >= 4 is 23.5 Å². The molecule has 0 spiro atoms. The van der Waals surface area contributed by atoms with E-state index in [1.54, 1.807) is 24.3 Å². The van der Waals surface area contributed by atoms with Gasteiger partial charge < -0.3 is 14.7 Å². The van der Waals surface area contributed by atoms with Gasteiger partial charge in [-0.3, -0.25) is 9.59 Å². The van der Waals surface area contributed by atoms with Crippen LogP contribution in [-0.4, -0.2) is 47.8 Å². The van der Waals surface area contributed by atoms with E-state index in [1.165, 1.54) is 0 Å². The van der Waals surface area contributed by atoms with E-state index >= 15 is 0 Å². The van der Waals surface area contributed by atoms with Crippen LogP contribution in [0.25, 0.3) is 0 Å². The number of rotatable bonds is 6. The molecule has 1 aliphatic heterocycles. The summed E-state index contributed by atoms with van der Waals surface area (Å²) >= 11 is 5.91. The quantitative estimate of drug-likeness (QED) is 0.770. The maximum Gasteiger partial charge on any atom is 0.406 e. The predicted octanol–water partition coefficient (Wildman–Crippen LogP) is 3.36. The number of carboxylic acid groups (broad SMARTS) is 1. The van der Waals surface area contributed by atoms with Crippen LogP contribution < -0.4 is 4.74 Å². The van der Waals surface area contributed by atoms with Crippen LogP contribution in [0.1, 0.15) is 19.3 Å². The Hall–Kier alpha value is -1.96. The molecular weight excluding hydrogens is 363 g/mol. The van der Waals surface area contributed by atoms with Gasteiger partial charge in [0.1, 0.15) is 5.75 Å². The molecule has 1 aromatic carbocycles. The molecule has 1 atom stereocenters. The highest BCUT2D eigenvalue weighted by Gasteiger charge is 2.64. The van der Waals surface area contributed by atoms with Gasteiger partial charge in [0.05, 0.1) is 11.6 Å². The van der Waals surface area contributed by atoms with Crippen LogP contribution in [0.15, 0.2) is 24.3 Å². The van der Waals surface area contributed by atoms with Crippen LogP contribution in [-0.2, 0) is 9.59 Å². The number of carbonyl (C=O) groups is 2. The van der Waals surface area contributed by atoms with E-state index in [1.807, 2.05) is 0 Å². The molecule has 0 radical (unpaired) electrons. The Morgan fingerprint density at radius 1 is 1.32 bits per heavy atom. The number of ether oxygens (including phenoxy) is 1. The number of hydrogen-bond acceptors (Lipinski definition) is 3. The first-order valence-corrected chi connectivity index (χ1v) is 8.00. The topological polar surface area (TPSA) is 66.8 Å². The molecule has 138 valence electrons. The summed E-state index contributed by atoms with van der Waals surface area (Å²) in [6.07, 6.45) is -5.28. The van der Waals surface area contributed by atoms with Gasteiger partial charge in [0.25, 0.3) is 0 Å². The highest BCUT2D eigenvalue weighted by Crippen LogP contribution is 2.45. The van der Waals surface area contributed by atoms with E-state index in [2.05, 4.69) is 0 Å². The van der Waals surface area contributed by atoms with Gasteiger partial charge in [-0.25, -0.2) is 0 Å². The van der Waals surface area contributed by atoms with Crippen molar-refractivity contribution in [3.05, 3.63) is 29.3 Å². The molecule has 1 heterocycles. The molecular formula is C16H17ClF3NO4. The average molecular weight is 380 g/mol. The average Bonchev–Trinajstić information content (AvgIpc) is 2.99. The largest absolute Gasteiger partial charge is 0.492 e. The maximum atomic E-state index is 13.1. The lowest BCUT2D eigenvalue weighted by atomic mass is 9.86. The van der Waals surface area contributed by atoms with Gasteiger partial charge in [0.15, 0.2) is 5.41 Å². The maximum absolute atomic E-state index is 13.1. The lowest BCUT2D eigenvalue weighted by molar-refractivity contribution is -0.227. The van der Waals surface area contributed by atoms with Crippen LogP contribution in [0, 0.1) is 5.41 Å². The molecule has 0 bridgehead atoms. The Labute approximate surface area is 147 Å². The van der Waals surface area contributed by atoms with Gasteiger partial charge >= 0.3 is 12.1 Å². The van der Waals surface area contributed by atoms with Gasteiger partial charge in [-0.1, -0.05) is 23.7 Å². The molecule has 1 aliphatic rings. The number of carboxylic acids is 1. The van der Waals surface area contributed by atoms with E-state index in [4.69, 9.17) is 21.4 Å². The Kier molecular flexibility index (Phi) is 5.82. The zero-order valence-electron chi connectivity index (χ0n) is 13.2. The summed E-state index contributed by atoms with van der Waals surface area (Å²) in [7, 11) is 0. The van der Waals surface area contributed by atoms with Crippen molar-refractivity contribution in [1.29, 1.82) is 0 Å². The van der Waals surface area contributed by atoms with Crippen molar-refractivity contribution in [3.8, 4) is 5.75 Å². The summed E-state index contributed by atoms with van der Waals surface area (Å²) < 4.78 is 44.7. The van der Waals surface area contributed by atoms with Crippen molar-refractivity contribution in [2.45, 2.75) is 25.4 Å². The standard InChI is InChI=1S/C16H17ClF3NO4/c17-11-4-1-2-5-12(11)25-9-3-6-13(22)21-8-7-15(10-21,14(23)24)16(18,19)20/h1-2,4-5H,3,6-10H2,(H,23,24). The minimum Gasteiger partial charge on any atom is -0.492 e. The minimum atomic E-state index is -4.90. The molecule has 1 amide bonds. The summed E-state index contributed by atoms with van der Waals surface area (Å²) in [6.45, 7) is -0.904. The fourth-order valence-electron chi connectivity index (χ4n) is 2.68. The van der Waals surface area contributed by atoms with Crippen LogP contribution in [0.3, 0.4) is 0 Å². The Morgan fingerprint density at radius 3 is 2.56 bits per heavy atom. The molecule has 1 fully saturated rings. The van der Waals surface area contributed by atoms with E-state index in [0.29, 0.717) is 10.8 Å². The molecule has 1 unspecified atom stereocenters. The number of carbonyl (C=O) groups excluding carboxylic acids is 1.